The standard InChI is InChI=1S/C28H34N/c1-6-19(7-2)20-10-11-24-23(14-20)13-18(4)29(5)28(24)25-16-27-22-9-8-21(15-22)26(27)12-17(25)3/h10-14,16,19,21-22H,6-9,15H2,1-5H3/q+1. The second kappa shape index (κ2) is 6.97. The smallest absolute Gasteiger partial charge is 0.198 e. The number of hydrogen-bond donors (Lipinski definition) is 0. The van der Waals surface area contributed by atoms with Crippen LogP contribution in [0.3, 0.4) is 0 Å². The zero-order valence-electron chi connectivity index (χ0n) is 18.7. The molecule has 2 unspecified atom stereocenters. The summed E-state index contributed by atoms with van der Waals surface area (Å²) in [7, 11) is 2.23. The molecular formula is C28H34N+. The number of aryl methyl sites for hydroxylation is 2. The van der Waals surface area contributed by atoms with E-state index >= 15 is 0 Å². The highest BCUT2D eigenvalue weighted by atomic mass is 14.9. The molecule has 0 radical (unpaired) electrons. The molecule has 1 nitrogen and oxygen atoms in total. The van der Waals surface area contributed by atoms with Crippen molar-refractivity contribution in [2.75, 3.05) is 0 Å². The van der Waals surface area contributed by atoms with Gasteiger partial charge >= 0.3 is 0 Å². The van der Waals surface area contributed by atoms with Gasteiger partial charge in [0, 0.05) is 13.0 Å². The SMILES string of the molecule is CCC(CC)c1ccc2c(-c3cc4c(cc3C)C3CCC4C3)[n+](C)c(C)cc2c1. The van der Waals surface area contributed by atoms with E-state index in [1.165, 1.54) is 71.0 Å². The van der Waals surface area contributed by atoms with Crippen molar-refractivity contribution >= 4 is 10.8 Å². The molecule has 3 aromatic rings. The van der Waals surface area contributed by atoms with Gasteiger partial charge in [0.1, 0.15) is 7.05 Å². The molecule has 2 aromatic carbocycles. The molecule has 2 aliphatic rings. The highest BCUT2D eigenvalue weighted by Gasteiger charge is 2.37. The number of nitrogens with zero attached hydrogens (tertiary/aromatic N) is 1. The van der Waals surface area contributed by atoms with Gasteiger partial charge in [0.05, 0.1) is 10.9 Å². The minimum absolute atomic E-state index is 0.661. The molecule has 2 bridgehead atoms. The predicted molar refractivity (Wildman–Crippen MR) is 123 cm³/mol. The first kappa shape index (κ1) is 18.9. The summed E-state index contributed by atoms with van der Waals surface area (Å²) in [4.78, 5) is 0. The molecule has 1 saturated carbocycles. The maximum atomic E-state index is 2.55. The number of pyridine rings is 1. The van der Waals surface area contributed by atoms with Crippen LogP contribution in [0.25, 0.3) is 22.0 Å². The van der Waals surface area contributed by atoms with Crippen LogP contribution in [0, 0.1) is 13.8 Å². The lowest BCUT2D eigenvalue weighted by Crippen LogP contribution is -2.35. The van der Waals surface area contributed by atoms with Gasteiger partial charge in [-0.3, -0.25) is 0 Å². The Labute approximate surface area is 175 Å². The first-order valence-electron chi connectivity index (χ1n) is 11.6. The van der Waals surface area contributed by atoms with Crippen LogP contribution >= 0.6 is 0 Å². The summed E-state index contributed by atoms with van der Waals surface area (Å²) in [6.07, 6.45) is 6.59. The van der Waals surface area contributed by atoms with Crippen molar-refractivity contribution < 1.29 is 4.57 Å². The van der Waals surface area contributed by atoms with E-state index in [4.69, 9.17) is 0 Å². The summed E-state index contributed by atoms with van der Waals surface area (Å²) < 4.78 is 2.40. The molecule has 0 spiro atoms. The lowest BCUT2D eigenvalue weighted by molar-refractivity contribution is -0.665. The number of rotatable bonds is 4. The lowest BCUT2D eigenvalue weighted by Gasteiger charge is -2.19. The van der Waals surface area contributed by atoms with E-state index in [0.29, 0.717) is 5.92 Å². The van der Waals surface area contributed by atoms with Crippen LogP contribution in [-0.4, -0.2) is 0 Å². The fourth-order valence-electron chi connectivity index (χ4n) is 6.19. The fourth-order valence-corrected chi connectivity index (χ4v) is 6.19. The molecule has 1 heteroatoms. The average Bonchev–Trinajstić information content (AvgIpc) is 3.32. The minimum Gasteiger partial charge on any atom is -0.198 e. The molecular weight excluding hydrogens is 350 g/mol. The Bertz CT molecular complexity index is 1100. The van der Waals surface area contributed by atoms with Crippen LogP contribution in [-0.2, 0) is 7.05 Å². The van der Waals surface area contributed by atoms with Crippen molar-refractivity contribution in [1.29, 1.82) is 0 Å². The third-order valence-electron chi connectivity index (χ3n) is 8.01. The van der Waals surface area contributed by atoms with Gasteiger partial charge in [-0.2, -0.15) is 4.57 Å². The molecule has 0 amide bonds. The Kier molecular flexibility index (Phi) is 4.53. The van der Waals surface area contributed by atoms with Crippen molar-refractivity contribution in [1.82, 2.24) is 0 Å². The Morgan fingerprint density at radius 3 is 2.31 bits per heavy atom. The zero-order chi connectivity index (χ0) is 20.3. The molecule has 5 rings (SSSR count). The molecule has 150 valence electrons. The molecule has 2 atom stereocenters. The van der Waals surface area contributed by atoms with E-state index in [1.807, 2.05) is 0 Å². The van der Waals surface area contributed by atoms with Gasteiger partial charge in [-0.1, -0.05) is 32.0 Å². The normalized spacial score (nSPS) is 20.1. The van der Waals surface area contributed by atoms with Crippen LogP contribution in [0.5, 0.6) is 0 Å². The van der Waals surface area contributed by atoms with Gasteiger partial charge in [0.25, 0.3) is 0 Å². The first-order chi connectivity index (χ1) is 14.0. The van der Waals surface area contributed by atoms with Crippen LogP contribution < -0.4 is 4.57 Å². The van der Waals surface area contributed by atoms with Crippen molar-refractivity contribution in [3.63, 3.8) is 0 Å². The molecule has 29 heavy (non-hydrogen) atoms. The van der Waals surface area contributed by atoms with E-state index in [9.17, 15) is 0 Å². The molecule has 1 heterocycles. The van der Waals surface area contributed by atoms with Crippen LogP contribution in [0.4, 0.5) is 0 Å². The van der Waals surface area contributed by atoms with Crippen molar-refractivity contribution in [2.24, 2.45) is 7.05 Å². The zero-order valence-corrected chi connectivity index (χ0v) is 18.7. The Balaban J connectivity index is 1.73. The molecule has 0 saturated heterocycles. The summed E-state index contributed by atoms with van der Waals surface area (Å²) in [5.74, 6) is 2.29. The second-order valence-corrected chi connectivity index (χ2v) is 9.56. The third-order valence-corrected chi connectivity index (χ3v) is 8.01. The number of hydrogen-bond acceptors (Lipinski definition) is 0. The molecule has 1 aromatic heterocycles. The third kappa shape index (κ3) is 2.85. The van der Waals surface area contributed by atoms with Crippen LogP contribution in [0.1, 0.15) is 91.7 Å². The highest BCUT2D eigenvalue weighted by molar-refractivity contribution is 5.94. The maximum absolute atomic E-state index is 2.55. The minimum atomic E-state index is 0.661. The summed E-state index contributed by atoms with van der Waals surface area (Å²) in [5.41, 5.74) is 10.4. The van der Waals surface area contributed by atoms with Gasteiger partial charge < -0.3 is 0 Å². The van der Waals surface area contributed by atoms with Gasteiger partial charge in [-0.05, 0) is 96.6 Å². The predicted octanol–water partition coefficient (Wildman–Crippen LogP) is 7.22. The van der Waals surface area contributed by atoms with Crippen molar-refractivity contribution in [3.8, 4) is 11.3 Å². The van der Waals surface area contributed by atoms with E-state index in [1.54, 1.807) is 11.1 Å². The Hall–Kier alpha value is -2.15. The van der Waals surface area contributed by atoms with E-state index in [0.717, 1.165) is 11.8 Å². The summed E-state index contributed by atoms with van der Waals surface area (Å²) in [5, 5.41) is 2.78. The van der Waals surface area contributed by atoms with E-state index < -0.39 is 0 Å². The Morgan fingerprint density at radius 2 is 1.62 bits per heavy atom. The summed E-state index contributed by atoms with van der Waals surface area (Å²) in [6, 6.07) is 14.7. The number of benzene rings is 2. The van der Waals surface area contributed by atoms with Gasteiger partial charge in [0.15, 0.2) is 5.69 Å². The maximum Gasteiger partial charge on any atom is 0.220 e. The molecule has 1 fully saturated rings. The van der Waals surface area contributed by atoms with E-state index in [2.05, 4.69) is 75.7 Å². The summed E-state index contributed by atoms with van der Waals surface area (Å²) in [6.45, 7) is 9.18. The first-order valence-corrected chi connectivity index (χ1v) is 11.6. The number of fused-ring (bicyclic) bond motifs is 6. The largest absolute Gasteiger partial charge is 0.220 e. The van der Waals surface area contributed by atoms with Crippen LogP contribution in [0.2, 0.25) is 0 Å². The van der Waals surface area contributed by atoms with Gasteiger partial charge in [-0.15, -0.1) is 0 Å². The van der Waals surface area contributed by atoms with Gasteiger partial charge in [-0.25, -0.2) is 0 Å². The topological polar surface area (TPSA) is 3.88 Å². The Morgan fingerprint density at radius 1 is 0.931 bits per heavy atom. The van der Waals surface area contributed by atoms with Crippen molar-refractivity contribution in [3.05, 3.63) is 64.3 Å². The van der Waals surface area contributed by atoms with E-state index in [-0.39, 0.29) is 0 Å². The number of aromatic nitrogens is 1. The second-order valence-electron chi connectivity index (χ2n) is 9.56. The molecule has 0 N–H and O–H groups in total. The monoisotopic (exact) mass is 384 g/mol. The quantitative estimate of drug-likeness (QED) is 0.418. The summed E-state index contributed by atoms with van der Waals surface area (Å²) >= 11 is 0. The average molecular weight is 385 g/mol. The lowest BCUT2D eigenvalue weighted by atomic mass is 9.86. The van der Waals surface area contributed by atoms with Crippen LogP contribution in [0.15, 0.2) is 36.4 Å². The fraction of sp³-hybridized carbons (Fsp3) is 0.464. The van der Waals surface area contributed by atoms with Crippen molar-refractivity contribution in [2.45, 2.75) is 77.6 Å². The highest BCUT2D eigenvalue weighted by Crippen LogP contribution is 2.54. The molecule has 2 aliphatic carbocycles. The van der Waals surface area contributed by atoms with Gasteiger partial charge in [0.2, 0.25) is 5.69 Å². The molecule has 0 aliphatic heterocycles.